The molecule has 0 aliphatic carbocycles. The SMILES string of the molecule is CC(=O)c1ccc(OCCCC(=O)O[C@@H](C)c2nnc(-c3cccs3)o2)cc1. The monoisotopic (exact) mass is 400 g/mol. The lowest BCUT2D eigenvalue weighted by molar-refractivity contribution is -0.149. The van der Waals surface area contributed by atoms with E-state index >= 15 is 0 Å². The van der Waals surface area contributed by atoms with E-state index in [1.165, 1.54) is 18.3 Å². The van der Waals surface area contributed by atoms with Crippen molar-refractivity contribution in [2.45, 2.75) is 32.8 Å². The largest absolute Gasteiger partial charge is 0.494 e. The van der Waals surface area contributed by atoms with Gasteiger partial charge in [-0.05, 0) is 56.0 Å². The van der Waals surface area contributed by atoms with Crippen LogP contribution in [0.5, 0.6) is 5.75 Å². The van der Waals surface area contributed by atoms with Gasteiger partial charge in [0.15, 0.2) is 11.9 Å². The van der Waals surface area contributed by atoms with E-state index in [-0.39, 0.29) is 24.1 Å². The Morgan fingerprint density at radius 3 is 2.64 bits per heavy atom. The van der Waals surface area contributed by atoms with Crippen LogP contribution in [-0.2, 0) is 9.53 Å². The number of rotatable bonds is 9. The summed E-state index contributed by atoms with van der Waals surface area (Å²) in [6.45, 7) is 3.57. The Morgan fingerprint density at radius 2 is 1.96 bits per heavy atom. The zero-order valence-corrected chi connectivity index (χ0v) is 16.4. The lowest BCUT2D eigenvalue weighted by Gasteiger charge is -2.10. The molecule has 146 valence electrons. The maximum Gasteiger partial charge on any atom is 0.306 e. The van der Waals surface area contributed by atoms with Gasteiger partial charge in [0, 0.05) is 12.0 Å². The molecular weight excluding hydrogens is 380 g/mol. The lowest BCUT2D eigenvalue weighted by atomic mass is 10.1. The fourth-order valence-electron chi connectivity index (χ4n) is 2.40. The molecule has 0 bridgehead atoms. The molecule has 0 saturated heterocycles. The van der Waals surface area contributed by atoms with E-state index in [1.807, 2.05) is 17.5 Å². The highest BCUT2D eigenvalue weighted by Gasteiger charge is 2.19. The number of carbonyl (C=O) groups is 2. The number of nitrogens with zero attached hydrogens (tertiary/aromatic N) is 2. The van der Waals surface area contributed by atoms with Crippen molar-refractivity contribution in [3.05, 3.63) is 53.2 Å². The van der Waals surface area contributed by atoms with E-state index < -0.39 is 6.10 Å². The zero-order chi connectivity index (χ0) is 19.9. The van der Waals surface area contributed by atoms with E-state index in [0.29, 0.717) is 30.2 Å². The molecule has 0 fully saturated rings. The summed E-state index contributed by atoms with van der Waals surface area (Å²) in [6.07, 6.45) is 0.0975. The minimum absolute atomic E-state index is 0.00664. The maximum absolute atomic E-state index is 12.0. The number of esters is 1. The van der Waals surface area contributed by atoms with Gasteiger partial charge in [0.05, 0.1) is 11.5 Å². The Labute approximate surface area is 166 Å². The highest BCUT2D eigenvalue weighted by atomic mass is 32.1. The normalized spacial score (nSPS) is 11.8. The van der Waals surface area contributed by atoms with Crippen molar-refractivity contribution < 1.29 is 23.5 Å². The van der Waals surface area contributed by atoms with E-state index in [2.05, 4.69) is 10.2 Å². The molecule has 0 saturated carbocycles. The van der Waals surface area contributed by atoms with E-state index in [4.69, 9.17) is 13.9 Å². The van der Waals surface area contributed by atoms with Gasteiger partial charge in [0.25, 0.3) is 11.8 Å². The van der Waals surface area contributed by atoms with Crippen LogP contribution in [0.25, 0.3) is 10.8 Å². The Balaban J connectivity index is 1.40. The van der Waals surface area contributed by atoms with E-state index in [1.54, 1.807) is 31.2 Å². The Morgan fingerprint density at radius 1 is 1.18 bits per heavy atom. The van der Waals surface area contributed by atoms with Gasteiger partial charge >= 0.3 is 5.97 Å². The van der Waals surface area contributed by atoms with Crippen LogP contribution in [0.1, 0.15) is 49.0 Å². The minimum Gasteiger partial charge on any atom is -0.494 e. The third-order valence-electron chi connectivity index (χ3n) is 3.88. The maximum atomic E-state index is 12.0. The second-order valence-electron chi connectivity index (χ2n) is 6.09. The summed E-state index contributed by atoms with van der Waals surface area (Å²) in [5, 5.41) is 9.84. The van der Waals surface area contributed by atoms with Crippen LogP contribution in [0.3, 0.4) is 0 Å². The van der Waals surface area contributed by atoms with Crippen LogP contribution in [0.4, 0.5) is 0 Å². The van der Waals surface area contributed by atoms with Crippen molar-refractivity contribution in [3.8, 4) is 16.5 Å². The predicted molar refractivity (Wildman–Crippen MR) is 103 cm³/mol. The number of carbonyl (C=O) groups excluding carboxylic acids is 2. The summed E-state index contributed by atoms with van der Waals surface area (Å²) < 4.78 is 16.5. The number of Topliss-reactive ketones (excluding diaryl/α,β-unsaturated/α-hetero) is 1. The van der Waals surface area contributed by atoms with Gasteiger partial charge in [0.1, 0.15) is 5.75 Å². The smallest absolute Gasteiger partial charge is 0.306 e. The molecule has 0 unspecified atom stereocenters. The predicted octanol–water partition coefficient (Wildman–Crippen LogP) is 4.46. The zero-order valence-electron chi connectivity index (χ0n) is 15.6. The van der Waals surface area contributed by atoms with Gasteiger partial charge in [-0.1, -0.05) is 6.07 Å². The van der Waals surface area contributed by atoms with Crippen molar-refractivity contribution in [1.82, 2.24) is 10.2 Å². The van der Waals surface area contributed by atoms with Crippen LogP contribution in [0.2, 0.25) is 0 Å². The van der Waals surface area contributed by atoms with Crippen LogP contribution in [-0.4, -0.2) is 28.6 Å². The number of ketones is 1. The van der Waals surface area contributed by atoms with Gasteiger partial charge < -0.3 is 13.9 Å². The minimum atomic E-state index is -0.617. The fraction of sp³-hybridized carbons (Fsp3) is 0.300. The summed E-state index contributed by atoms with van der Waals surface area (Å²) in [7, 11) is 0. The van der Waals surface area contributed by atoms with Gasteiger partial charge in [0.2, 0.25) is 0 Å². The number of aromatic nitrogens is 2. The molecule has 2 heterocycles. The lowest BCUT2D eigenvalue weighted by Crippen LogP contribution is -2.10. The molecule has 0 radical (unpaired) electrons. The molecule has 1 aromatic carbocycles. The van der Waals surface area contributed by atoms with Gasteiger partial charge in [-0.15, -0.1) is 21.5 Å². The second-order valence-corrected chi connectivity index (χ2v) is 7.04. The van der Waals surface area contributed by atoms with Crippen LogP contribution in [0, 0.1) is 0 Å². The molecule has 8 heteroatoms. The second kappa shape index (κ2) is 9.27. The number of thiophene rings is 1. The molecule has 3 rings (SSSR count). The number of hydrogen-bond acceptors (Lipinski definition) is 8. The first-order valence-electron chi connectivity index (χ1n) is 8.83. The molecule has 3 aromatic rings. The number of hydrogen-bond donors (Lipinski definition) is 0. The Kier molecular flexibility index (Phi) is 6.54. The number of ether oxygens (including phenoxy) is 2. The topological polar surface area (TPSA) is 91.5 Å². The van der Waals surface area contributed by atoms with Crippen molar-refractivity contribution in [3.63, 3.8) is 0 Å². The van der Waals surface area contributed by atoms with Crippen molar-refractivity contribution in [2.24, 2.45) is 0 Å². The summed E-state index contributed by atoms with van der Waals surface area (Å²) in [4.78, 5) is 24.1. The summed E-state index contributed by atoms with van der Waals surface area (Å²) in [5.74, 6) is 0.973. The van der Waals surface area contributed by atoms with Gasteiger partial charge in [-0.25, -0.2) is 0 Å². The molecule has 2 aromatic heterocycles. The van der Waals surface area contributed by atoms with Crippen LogP contribution in [0.15, 0.2) is 46.2 Å². The first-order chi connectivity index (χ1) is 13.5. The quantitative estimate of drug-likeness (QED) is 0.297. The van der Waals surface area contributed by atoms with Crippen molar-refractivity contribution >= 4 is 23.1 Å². The van der Waals surface area contributed by atoms with E-state index in [9.17, 15) is 9.59 Å². The molecule has 0 aliphatic heterocycles. The Bertz CT molecular complexity index is 918. The third kappa shape index (κ3) is 5.26. The van der Waals surface area contributed by atoms with Crippen molar-refractivity contribution in [1.29, 1.82) is 0 Å². The fourth-order valence-corrected chi connectivity index (χ4v) is 3.04. The first-order valence-corrected chi connectivity index (χ1v) is 9.71. The average Bonchev–Trinajstić information content (AvgIpc) is 3.37. The molecule has 1 atom stereocenters. The van der Waals surface area contributed by atoms with Crippen molar-refractivity contribution in [2.75, 3.05) is 6.61 Å². The Hall–Kier alpha value is -3.00. The summed E-state index contributed by atoms with van der Waals surface area (Å²) in [5.41, 5.74) is 0.633. The highest BCUT2D eigenvalue weighted by Crippen LogP contribution is 2.26. The molecule has 0 spiro atoms. The molecule has 0 amide bonds. The molecule has 0 N–H and O–H groups in total. The van der Waals surface area contributed by atoms with Crippen LogP contribution < -0.4 is 4.74 Å². The summed E-state index contributed by atoms with van der Waals surface area (Å²) in [6, 6.07) is 10.7. The molecule has 0 aliphatic rings. The highest BCUT2D eigenvalue weighted by molar-refractivity contribution is 7.13. The van der Waals surface area contributed by atoms with Gasteiger partial charge in [-0.2, -0.15) is 0 Å². The molecular formula is C20H20N2O5S. The number of benzene rings is 1. The average molecular weight is 400 g/mol. The first kappa shape index (κ1) is 19.8. The third-order valence-corrected chi connectivity index (χ3v) is 4.74. The summed E-state index contributed by atoms with van der Waals surface area (Å²) >= 11 is 1.49. The molecule has 28 heavy (non-hydrogen) atoms. The molecule has 7 nitrogen and oxygen atoms in total. The van der Waals surface area contributed by atoms with Crippen LogP contribution >= 0.6 is 11.3 Å². The van der Waals surface area contributed by atoms with E-state index in [0.717, 1.165) is 4.88 Å². The van der Waals surface area contributed by atoms with Gasteiger partial charge in [-0.3, -0.25) is 9.59 Å². The standard InChI is InChI=1S/C20H20N2O5S/c1-13(23)15-7-9-16(10-8-15)25-11-3-6-18(24)26-14(2)19-21-22-20(27-19)17-5-4-12-28-17/h4-5,7-10,12,14H,3,6,11H2,1-2H3/t14-/m0/s1.